The zero-order chi connectivity index (χ0) is 15.8. The molecule has 2 atom stereocenters. The van der Waals surface area contributed by atoms with Crippen LogP contribution in [0.3, 0.4) is 0 Å². The summed E-state index contributed by atoms with van der Waals surface area (Å²) in [7, 11) is 0. The molecule has 3 N–H and O–H groups in total. The lowest BCUT2D eigenvalue weighted by Crippen LogP contribution is -2.99. The fourth-order valence-electron chi connectivity index (χ4n) is 2.34. The summed E-state index contributed by atoms with van der Waals surface area (Å²) in [5.74, 6) is 0.699. The van der Waals surface area contributed by atoms with Gasteiger partial charge in [0.05, 0.1) is 0 Å². The molecule has 9 heteroatoms. The van der Waals surface area contributed by atoms with Gasteiger partial charge in [0.15, 0.2) is 11.5 Å². The number of thioether (sulfide) groups is 1. The standard InChI is InChI=1S/C14H12N6O2S/c21-20(22)11-5-3-9(4-6-11)13-18-19-12(16-17-14(19)23-13)10-2-1-7-15-8-10/h1-8,13,18,20-21H/t13-/m1/s1. The summed E-state index contributed by atoms with van der Waals surface area (Å²) >= 11 is 1.53. The molecular formula is C14H12N6O2S. The number of benzene rings is 1. The molecule has 1 aliphatic heterocycles. The van der Waals surface area contributed by atoms with Crippen LogP contribution in [0.15, 0.2) is 53.9 Å². The van der Waals surface area contributed by atoms with E-state index < -0.39 is 5.23 Å². The van der Waals surface area contributed by atoms with Crippen LogP contribution < -0.4 is 10.7 Å². The Morgan fingerprint density at radius 1 is 1.22 bits per heavy atom. The van der Waals surface area contributed by atoms with Gasteiger partial charge in [0, 0.05) is 30.1 Å². The Balaban J connectivity index is 1.60. The van der Waals surface area contributed by atoms with Crippen molar-refractivity contribution in [1.82, 2.24) is 19.9 Å². The molecule has 0 radical (unpaired) electrons. The Hall–Kier alpha value is -2.46. The largest absolute Gasteiger partial charge is 0.595 e. The summed E-state index contributed by atoms with van der Waals surface area (Å²) in [5, 5.41) is 28.0. The fourth-order valence-corrected chi connectivity index (χ4v) is 3.33. The molecule has 23 heavy (non-hydrogen) atoms. The van der Waals surface area contributed by atoms with Gasteiger partial charge in [0.1, 0.15) is 5.37 Å². The highest BCUT2D eigenvalue weighted by Crippen LogP contribution is 2.40. The van der Waals surface area contributed by atoms with Crippen LogP contribution in [0.2, 0.25) is 0 Å². The van der Waals surface area contributed by atoms with Gasteiger partial charge in [-0.2, -0.15) is 5.23 Å². The lowest BCUT2D eigenvalue weighted by Gasteiger charge is -2.14. The highest BCUT2D eigenvalue weighted by atomic mass is 32.2. The Kier molecular flexibility index (Phi) is 3.46. The van der Waals surface area contributed by atoms with Gasteiger partial charge in [-0.3, -0.25) is 4.98 Å². The number of nitrogens with zero attached hydrogens (tertiary/aromatic N) is 4. The second-order valence-electron chi connectivity index (χ2n) is 4.94. The maximum absolute atomic E-state index is 10.9. The van der Waals surface area contributed by atoms with Crippen molar-refractivity contribution in [1.29, 1.82) is 0 Å². The molecule has 0 amide bonds. The van der Waals surface area contributed by atoms with Crippen LogP contribution in [0, 0.1) is 5.21 Å². The quantitative estimate of drug-likeness (QED) is 0.618. The smallest absolute Gasteiger partial charge is 0.212 e. The number of pyridine rings is 1. The highest BCUT2D eigenvalue weighted by molar-refractivity contribution is 7.99. The summed E-state index contributed by atoms with van der Waals surface area (Å²) in [6, 6.07) is 10.6. The number of hydrogen-bond acceptors (Lipinski definition) is 7. The minimum absolute atomic E-state index is 0.0428. The number of aromatic nitrogens is 4. The second kappa shape index (κ2) is 5.63. The summed E-state index contributed by atoms with van der Waals surface area (Å²) in [4.78, 5) is 4.10. The number of hydrogen-bond donors (Lipinski definition) is 3. The second-order valence-corrected chi connectivity index (χ2v) is 6.01. The zero-order valence-corrected chi connectivity index (χ0v) is 12.6. The van der Waals surface area contributed by atoms with Crippen LogP contribution in [0.5, 0.6) is 0 Å². The van der Waals surface area contributed by atoms with E-state index in [0.29, 0.717) is 5.82 Å². The Bertz CT molecular complexity index is 821. The van der Waals surface area contributed by atoms with Gasteiger partial charge in [-0.1, -0.05) is 11.8 Å². The SMILES string of the molecule is [O-][NH+](O)c1ccc([C@@H]2Nn3c(nnc3-c3cccnc3)S2)cc1. The third kappa shape index (κ3) is 2.55. The van der Waals surface area contributed by atoms with Crippen molar-refractivity contribution < 1.29 is 10.4 Å². The first-order chi connectivity index (χ1) is 11.2. The van der Waals surface area contributed by atoms with Gasteiger partial charge in [0.2, 0.25) is 5.16 Å². The maximum Gasteiger partial charge on any atom is 0.212 e. The van der Waals surface area contributed by atoms with Gasteiger partial charge in [-0.05, 0) is 29.8 Å². The topological polar surface area (TPSA) is 103 Å². The summed E-state index contributed by atoms with van der Waals surface area (Å²) in [6.45, 7) is 0. The Morgan fingerprint density at radius 3 is 2.74 bits per heavy atom. The highest BCUT2D eigenvalue weighted by Gasteiger charge is 2.28. The molecule has 116 valence electrons. The van der Waals surface area contributed by atoms with Crippen LogP contribution in [-0.4, -0.2) is 25.1 Å². The van der Waals surface area contributed by atoms with Crippen molar-refractivity contribution in [3.05, 3.63) is 59.6 Å². The van der Waals surface area contributed by atoms with Gasteiger partial charge >= 0.3 is 0 Å². The van der Waals surface area contributed by atoms with Crippen molar-refractivity contribution in [2.45, 2.75) is 10.5 Å². The van der Waals surface area contributed by atoms with Gasteiger partial charge in [-0.25, -0.2) is 9.88 Å². The summed E-state index contributed by atoms with van der Waals surface area (Å²) in [6.07, 6.45) is 3.44. The number of fused-ring (bicyclic) bond motifs is 1. The van der Waals surface area contributed by atoms with E-state index in [4.69, 9.17) is 5.21 Å². The Labute approximate surface area is 135 Å². The molecule has 0 bridgehead atoms. The molecule has 1 aliphatic rings. The van der Waals surface area contributed by atoms with Crippen molar-refractivity contribution in [3.63, 3.8) is 0 Å². The lowest BCUT2D eigenvalue weighted by atomic mass is 10.2. The molecule has 0 saturated carbocycles. The first-order valence-corrected chi connectivity index (χ1v) is 7.72. The third-order valence-electron chi connectivity index (χ3n) is 3.48. The predicted octanol–water partition coefficient (Wildman–Crippen LogP) is 1.09. The van der Waals surface area contributed by atoms with Crippen LogP contribution in [0.1, 0.15) is 10.9 Å². The molecule has 3 aromatic rings. The van der Waals surface area contributed by atoms with Crippen molar-refractivity contribution in [3.8, 4) is 11.4 Å². The molecule has 0 fully saturated rings. The van der Waals surface area contributed by atoms with Crippen molar-refractivity contribution in [2.75, 3.05) is 5.43 Å². The van der Waals surface area contributed by atoms with Crippen molar-refractivity contribution >= 4 is 17.4 Å². The molecule has 0 spiro atoms. The van der Waals surface area contributed by atoms with E-state index in [1.807, 2.05) is 16.8 Å². The first-order valence-electron chi connectivity index (χ1n) is 6.84. The minimum atomic E-state index is -0.931. The molecule has 2 aromatic heterocycles. The van der Waals surface area contributed by atoms with Crippen molar-refractivity contribution in [2.24, 2.45) is 0 Å². The summed E-state index contributed by atoms with van der Waals surface area (Å²) in [5.41, 5.74) is 5.45. The molecule has 1 unspecified atom stereocenters. The van der Waals surface area contributed by atoms with Gasteiger partial charge in [0.25, 0.3) is 0 Å². The van der Waals surface area contributed by atoms with Crippen LogP contribution >= 0.6 is 11.8 Å². The normalized spacial score (nSPS) is 17.6. The van der Waals surface area contributed by atoms with E-state index in [9.17, 15) is 5.21 Å². The molecule has 8 nitrogen and oxygen atoms in total. The van der Waals surface area contributed by atoms with E-state index in [0.717, 1.165) is 16.3 Å². The number of nitrogens with one attached hydrogen (secondary N) is 2. The number of quaternary nitrogens is 1. The fraction of sp³-hybridized carbons (Fsp3) is 0.0714. The first kappa shape index (κ1) is 14.2. The summed E-state index contributed by atoms with van der Waals surface area (Å²) < 4.78 is 1.83. The lowest BCUT2D eigenvalue weighted by molar-refractivity contribution is -0.991. The van der Waals surface area contributed by atoms with E-state index in [1.54, 1.807) is 36.7 Å². The molecular weight excluding hydrogens is 316 g/mol. The maximum atomic E-state index is 10.9. The van der Waals surface area contributed by atoms with Gasteiger partial charge in [-0.15, -0.1) is 10.2 Å². The monoisotopic (exact) mass is 328 g/mol. The van der Waals surface area contributed by atoms with E-state index in [1.165, 1.54) is 11.8 Å². The number of rotatable bonds is 3. The third-order valence-corrected chi connectivity index (χ3v) is 4.57. The molecule has 0 aliphatic carbocycles. The molecule has 1 aromatic carbocycles. The molecule has 3 heterocycles. The zero-order valence-electron chi connectivity index (χ0n) is 11.7. The average molecular weight is 328 g/mol. The average Bonchev–Trinajstić information content (AvgIpc) is 3.16. The molecule has 4 rings (SSSR count). The van der Waals surface area contributed by atoms with E-state index in [-0.39, 0.29) is 11.1 Å². The van der Waals surface area contributed by atoms with E-state index in [2.05, 4.69) is 20.6 Å². The van der Waals surface area contributed by atoms with Crippen LogP contribution in [0.25, 0.3) is 11.4 Å². The van der Waals surface area contributed by atoms with Crippen LogP contribution in [0.4, 0.5) is 5.69 Å². The Morgan fingerprint density at radius 2 is 2.04 bits per heavy atom. The predicted molar refractivity (Wildman–Crippen MR) is 83.4 cm³/mol. The van der Waals surface area contributed by atoms with Crippen LogP contribution in [-0.2, 0) is 0 Å². The van der Waals surface area contributed by atoms with Gasteiger partial charge < -0.3 is 10.6 Å². The van der Waals surface area contributed by atoms with E-state index >= 15 is 0 Å². The molecule has 0 saturated heterocycles. The minimum Gasteiger partial charge on any atom is -0.595 e.